The maximum atomic E-state index is 6.03. The van der Waals surface area contributed by atoms with Gasteiger partial charge >= 0.3 is 0 Å². The molecule has 0 spiro atoms. The second-order valence-corrected chi connectivity index (χ2v) is 8.18. The van der Waals surface area contributed by atoms with Crippen molar-refractivity contribution in [3.05, 3.63) is 30.1 Å². The van der Waals surface area contributed by atoms with E-state index in [1.54, 1.807) is 7.11 Å². The minimum Gasteiger partial charge on any atom is -0.495 e. The molecule has 0 unspecified atom stereocenters. The van der Waals surface area contributed by atoms with Crippen molar-refractivity contribution in [1.29, 1.82) is 0 Å². The Hall–Kier alpha value is -1.54. The predicted octanol–water partition coefficient (Wildman–Crippen LogP) is 3.20. The van der Waals surface area contributed by atoms with Gasteiger partial charge in [0.1, 0.15) is 5.75 Å². The molecule has 1 fully saturated rings. The average Bonchev–Trinajstić information content (AvgIpc) is 2.62. The lowest BCUT2D eigenvalue weighted by molar-refractivity contribution is 0.311. The second-order valence-electron chi connectivity index (χ2n) is 5.90. The zero-order valence-electron chi connectivity index (χ0n) is 14.4. The number of alkyl halides is 3. The zero-order valence-corrected chi connectivity index (χ0v) is 16.7. The summed E-state index contributed by atoms with van der Waals surface area (Å²) in [6.07, 6.45) is 0. The van der Waals surface area contributed by atoms with E-state index < -0.39 is 3.79 Å². The Morgan fingerprint density at radius 3 is 2.38 bits per heavy atom. The highest BCUT2D eigenvalue weighted by atomic mass is 35.6. The summed E-state index contributed by atoms with van der Waals surface area (Å²) in [5.41, 5.74) is 0.709. The maximum absolute atomic E-state index is 6.03. The van der Waals surface area contributed by atoms with Crippen LogP contribution in [0.1, 0.15) is 5.82 Å². The summed E-state index contributed by atoms with van der Waals surface area (Å²) in [4.78, 5) is 17.4. The quantitative estimate of drug-likeness (QED) is 0.766. The third-order valence-electron chi connectivity index (χ3n) is 4.02. The number of nitrogens with zero attached hydrogens (tertiary/aromatic N) is 5. The number of aromatic nitrogens is 3. The molecule has 0 bridgehead atoms. The van der Waals surface area contributed by atoms with Crippen LogP contribution in [0.4, 0.5) is 17.6 Å². The number of hydrogen-bond donors (Lipinski definition) is 1. The van der Waals surface area contributed by atoms with Crippen molar-refractivity contribution in [3.63, 3.8) is 0 Å². The van der Waals surface area contributed by atoms with Gasteiger partial charge in [-0.3, -0.25) is 0 Å². The molecule has 1 aliphatic heterocycles. The fraction of sp³-hybridized carbons (Fsp3) is 0.438. The lowest BCUT2D eigenvalue weighted by atomic mass is 10.3. The Balaban J connectivity index is 1.95. The molecule has 1 aromatic carbocycles. The fourth-order valence-corrected chi connectivity index (χ4v) is 2.82. The number of piperazine rings is 1. The molecular weight excluding hydrogens is 399 g/mol. The Morgan fingerprint density at radius 1 is 1.04 bits per heavy atom. The van der Waals surface area contributed by atoms with Crippen molar-refractivity contribution in [2.24, 2.45) is 0 Å². The molecule has 26 heavy (non-hydrogen) atoms. The minimum atomic E-state index is -1.75. The van der Waals surface area contributed by atoms with Crippen LogP contribution in [0.25, 0.3) is 0 Å². The first kappa shape index (κ1) is 19.2. The van der Waals surface area contributed by atoms with Crippen LogP contribution in [-0.2, 0) is 3.79 Å². The molecule has 1 aromatic heterocycles. The highest BCUT2D eigenvalue weighted by molar-refractivity contribution is 6.66. The summed E-state index contributed by atoms with van der Waals surface area (Å²) in [7, 11) is 3.67. The number of benzene rings is 1. The normalized spacial score (nSPS) is 15.8. The molecule has 1 saturated heterocycles. The molecule has 0 saturated carbocycles. The van der Waals surface area contributed by atoms with Crippen LogP contribution >= 0.6 is 34.8 Å². The van der Waals surface area contributed by atoms with E-state index in [9.17, 15) is 0 Å². The minimum absolute atomic E-state index is 0.0730. The van der Waals surface area contributed by atoms with Crippen LogP contribution in [0.3, 0.4) is 0 Å². The van der Waals surface area contributed by atoms with Crippen LogP contribution in [0.5, 0.6) is 5.75 Å². The Morgan fingerprint density at radius 2 is 1.73 bits per heavy atom. The van der Waals surface area contributed by atoms with Crippen LogP contribution in [0, 0.1) is 0 Å². The summed E-state index contributed by atoms with van der Waals surface area (Å²) in [6.45, 7) is 3.38. The SMILES string of the molecule is COc1ccccc1Nc1nc(N2CCN(C)CC2)nc(C(Cl)(Cl)Cl)n1. The summed E-state index contributed by atoms with van der Waals surface area (Å²) in [5, 5.41) is 3.12. The number of hydrogen-bond acceptors (Lipinski definition) is 7. The van der Waals surface area contributed by atoms with E-state index in [0.717, 1.165) is 26.2 Å². The first-order valence-electron chi connectivity index (χ1n) is 8.03. The smallest absolute Gasteiger partial charge is 0.250 e. The molecular formula is C16H19Cl3N6O. The number of para-hydroxylation sites is 2. The highest BCUT2D eigenvalue weighted by Crippen LogP contribution is 2.37. The largest absolute Gasteiger partial charge is 0.495 e. The van der Waals surface area contributed by atoms with E-state index in [-0.39, 0.29) is 5.82 Å². The van der Waals surface area contributed by atoms with E-state index in [0.29, 0.717) is 23.3 Å². The number of halogens is 3. The third-order valence-corrected chi connectivity index (χ3v) is 4.52. The van der Waals surface area contributed by atoms with Crippen molar-refractivity contribution in [3.8, 4) is 5.75 Å². The second kappa shape index (κ2) is 8.00. The molecule has 2 aromatic rings. The molecule has 10 heteroatoms. The van der Waals surface area contributed by atoms with Gasteiger partial charge in [0.15, 0.2) is 5.82 Å². The number of anilines is 3. The van der Waals surface area contributed by atoms with E-state index in [1.807, 2.05) is 24.3 Å². The van der Waals surface area contributed by atoms with Crippen molar-refractivity contribution in [2.45, 2.75) is 3.79 Å². The summed E-state index contributed by atoms with van der Waals surface area (Å²) < 4.78 is 3.60. The van der Waals surface area contributed by atoms with Gasteiger partial charge in [0.05, 0.1) is 12.8 Å². The first-order valence-corrected chi connectivity index (χ1v) is 9.17. The van der Waals surface area contributed by atoms with E-state index in [2.05, 4.69) is 37.1 Å². The fourth-order valence-electron chi connectivity index (χ4n) is 2.56. The van der Waals surface area contributed by atoms with Crippen molar-refractivity contribution in [2.75, 3.05) is 50.6 Å². The molecule has 7 nitrogen and oxygen atoms in total. The van der Waals surface area contributed by atoms with Gasteiger partial charge in [0.25, 0.3) is 0 Å². The van der Waals surface area contributed by atoms with Gasteiger partial charge in [-0.05, 0) is 19.2 Å². The molecule has 2 heterocycles. The summed E-state index contributed by atoms with van der Waals surface area (Å²) >= 11 is 18.1. The first-order chi connectivity index (χ1) is 12.4. The predicted molar refractivity (Wildman–Crippen MR) is 105 cm³/mol. The average molecular weight is 418 g/mol. The van der Waals surface area contributed by atoms with E-state index in [4.69, 9.17) is 39.5 Å². The van der Waals surface area contributed by atoms with Gasteiger partial charge in [0, 0.05) is 26.2 Å². The zero-order chi connectivity index (χ0) is 18.7. The Bertz CT molecular complexity index is 762. The topological polar surface area (TPSA) is 66.4 Å². The van der Waals surface area contributed by atoms with Crippen LogP contribution in [-0.4, -0.2) is 60.2 Å². The van der Waals surface area contributed by atoms with Gasteiger partial charge in [-0.15, -0.1) is 0 Å². The monoisotopic (exact) mass is 416 g/mol. The number of methoxy groups -OCH3 is 1. The lowest BCUT2D eigenvalue weighted by Crippen LogP contribution is -2.45. The van der Waals surface area contributed by atoms with Crippen LogP contribution in [0.15, 0.2) is 24.3 Å². The maximum Gasteiger partial charge on any atom is 0.250 e. The highest BCUT2D eigenvalue weighted by Gasteiger charge is 2.30. The van der Waals surface area contributed by atoms with Crippen molar-refractivity contribution >= 4 is 52.4 Å². The standard InChI is InChI=1S/C16H19Cl3N6O/c1-24-7-9-25(10-8-24)15-22-13(16(17,18)19)21-14(23-15)20-11-5-3-4-6-12(11)26-2/h3-6H,7-10H2,1-2H3,(H,20,21,22,23). The lowest BCUT2D eigenvalue weighted by Gasteiger charge is -2.32. The molecule has 0 atom stereocenters. The summed E-state index contributed by atoms with van der Waals surface area (Å²) in [5.74, 6) is 1.50. The van der Waals surface area contributed by atoms with Gasteiger partial charge in [-0.25, -0.2) is 0 Å². The van der Waals surface area contributed by atoms with Gasteiger partial charge in [0.2, 0.25) is 15.7 Å². The van der Waals surface area contributed by atoms with Gasteiger partial charge in [-0.1, -0.05) is 46.9 Å². The number of nitrogens with one attached hydrogen (secondary N) is 1. The molecule has 0 aliphatic carbocycles. The van der Waals surface area contributed by atoms with E-state index >= 15 is 0 Å². The summed E-state index contributed by atoms with van der Waals surface area (Å²) in [6, 6.07) is 7.44. The molecule has 140 valence electrons. The molecule has 1 aliphatic rings. The Kier molecular flexibility index (Phi) is 5.92. The van der Waals surface area contributed by atoms with Crippen LogP contribution in [0.2, 0.25) is 0 Å². The third kappa shape index (κ3) is 4.59. The molecule has 3 rings (SSSR count). The molecule has 0 radical (unpaired) electrons. The number of likely N-dealkylation sites (N-methyl/N-ethyl adjacent to an activating group) is 1. The van der Waals surface area contributed by atoms with Gasteiger partial charge < -0.3 is 19.9 Å². The Labute approximate surface area is 167 Å². The molecule has 1 N–H and O–H groups in total. The molecule has 0 amide bonds. The van der Waals surface area contributed by atoms with Crippen molar-refractivity contribution < 1.29 is 4.74 Å². The van der Waals surface area contributed by atoms with Gasteiger partial charge in [-0.2, -0.15) is 15.0 Å². The van der Waals surface area contributed by atoms with Crippen LogP contribution < -0.4 is 15.0 Å². The van der Waals surface area contributed by atoms with E-state index in [1.165, 1.54) is 0 Å². The van der Waals surface area contributed by atoms with Crippen molar-refractivity contribution in [1.82, 2.24) is 19.9 Å². The number of ether oxygens (including phenoxy) is 1. The number of rotatable bonds is 4.